The summed E-state index contributed by atoms with van der Waals surface area (Å²) in [6, 6.07) is 8.82. The Morgan fingerprint density at radius 3 is 2.55 bits per heavy atom. The number of imidazole rings is 1. The van der Waals surface area contributed by atoms with E-state index in [9.17, 15) is 18.0 Å². The summed E-state index contributed by atoms with van der Waals surface area (Å²) >= 11 is 1.27. The lowest BCUT2D eigenvalue weighted by molar-refractivity contribution is -0.139. The fraction of sp³-hybridized carbons (Fsp3) is 0.100. The summed E-state index contributed by atoms with van der Waals surface area (Å²) in [4.78, 5) is 16.8. The van der Waals surface area contributed by atoms with Crippen molar-refractivity contribution in [3.8, 4) is 11.3 Å². The highest BCUT2D eigenvalue weighted by Crippen LogP contribution is 2.36. The largest absolute Gasteiger partial charge is 0.469 e. The first-order chi connectivity index (χ1) is 14.0. The zero-order valence-electron chi connectivity index (χ0n) is 15.1. The fourth-order valence-corrected chi connectivity index (χ4v) is 3.80. The number of esters is 1. The number of carbonyl (C=O) groups is 1. The molecule has 0 unspecified atom stereocenters. The number of fused-ring (bicyclic) bond motifs is 1. The van der Waals surface area contributed by atoms with Crippen LogP contribution in [0.3, 0.4) is 0 Å². The van der Waals surface area contributed by atoms with E-state index in [4.69, 9.17) is 4.74 Å². The van der Waals surface area contributed by atoms with E-state index < -0.39 is 23.4 Å². The first-order valence-electron chi connectivity index (χ1n) is 8.50. The zero-order chi connectivity index (χ0) is 20.5. The predicted octanol–water partition coefficient (Wildman–Crippen LogP) is 4.94. The molecule has 0 bridgehead atoms. The fourth-order valence-electron chi connectivity index (χ4n) is 2.91. The van der Waals surface area contributed by atoms with Crippen LogP contribution in [-0.2, 0) is 16.0 Å². The summed E-state index contributed by atoms with van der Waals surface area (Å²) in [6.45, 7) is 0. The van der Waals surface area contributed by atoms with Gasteiger partial charge in [-0.25, -0.2) is 18.2 Å². The van der Waals surface area contributed by atoms with E-state index in [1.54, 1.807) is 9.78 Å². The van der Waals surface area contributed by atoms with E-state index >= 15 is 0 Å². The Morgan fingerprint density at radius 1 is 1.14 bits per heavy atom. The number of aromatic nitrogens is 2. The molecule has 4 rings (SSSR count). The second kappa shape index (κ2) is 7.59. The van der Waals surface area contributed by atoms with Crippen LogP contribution in [0.1, 0.15) is 5.69 Å². The number of nitrogens with one attached hydrogen (secondary N) is 1. The summed E-state index contributed by atoms with van der Waals surface area (Å²) in [5.74, 6) is -1.95. The highest BCUT2D eigenvalue weighted by Gasteiger charge is 2.22. The van der Waals surface area contributed by atoms with Crippen LogP contribution in [0.25, 0.3) is 16.2 Å². The number of halogens is 3. The minimum atomic E-state index is -0.771. The van der Waals surface area contributed by atoms with Gasteiger partial charge in [0.2, 0.25) is 0 Å². The number of hydrogen-bond donors (Lipinski definition) is 1. The number of nitrogens with zero attached hydrogens (tertiary/aromatic N) is 2. The molecular weight excluding hydrogens is 403 g/mol. The molecule has 0 aliphatic carbocycles. The third-order valence-corrected chi connectivity index (χ3v) is 5.16. The zero-order valence-corrected chi connectivity index (χ0v) is 15.9. The molecule has 148 valence electrons. The molecule has 4 aromatic rings. The minimum Gasteiger partial charge on any atom is -0.469 e. The average Bonchev–Trinajstić information content (AvgIpc) is 3.24. The standard InChI is InChI=1S/C20H14F3N3O2S/c1-28-17(27)9-14-10-29-20-25-18(15-7-4-12(22)8-16(15)23)19(26(14)20)24-13-5-2-11(21)3-6-13/h2-8,10,24H,9H2,1H3. The van der Waals surface area contributed by atoms with Gasteiger partial charge in [-0.05, 0) is 36.4 Å². The summed E-state index contributed by atoms with van der Waals surface area (Å²) in [7, 11) is 1.29. The van der Waals surface area contributed by atoms with Crippen LogP contribution in [0.15, 0.2) is 47.8 Å². The number of rotatable bonds is 5. The van der Waals surface area contributed by atoms with Gasteiger partial charge in [-0.1, -0.05) is 0 Å². The molecule has 2 heterocycles. The molecule has 0 spiro atoms. The Morgan fingerprint density at radius 2 is 1.86 bits per heavy atom. The molecule has 5 nitrogen and oxygen atoms in total. The van der Waals surface area contributed by atoms with Crippen LogP contribution in [0.4, 0.5) is 24.7 Å². The van der Waals surface area contributed by atoms with E-state index in [-0.39, 0.29) is 17.7 Å². The number of benzene rings is 2. The van der Waals surface area contributed by atoms with Gasteiger partial charge in [-0.2, -0.15) is 0 Å². The summed E-state index contributed by atoms with van der Waals surface area (Å²) in [5.41, 5.74) is 1.45. The third-order valence-electron chi connectivity index (χ3n) is 4.28. The highest BCUT2D eigenvalue weighted by atomic mass is 32.1. The van der Waals surface area contributed by atoms with Crippen LogP contribution in [0.2, 0.25) is 0 Å². The smallest absolute Gasteiger partial charge is 0.311 e. The first kappa shape index (κ1) is 19.0. The second-order valence-electron chi connectivity index (χ2n) is 6.16. The van der Waals surface area contributed by atoms with Gasteiger partial charge in [-0.3, -0.25) is 9.20 Å². The highest BCUT2D eigenvalue weighted by molar-refractivity contribution is 7.15. The average molecular weight is 417 g/mol. The van der Waals surface area contributed by atoms with E-state index in [1.807, 2.05) is 0 Å². The van der Waals surface area contributed by atoms with Gasteiger partial charge in [0.15, 0.2) is 4.96 Å². The molecule has 0 fully saturated rings. The number of hydrogen-bond acceptors (Lipinski definition) is 5. The quantitative estimate of drug-likeness (QED) is 0.468. The Labute approximate surface area is 167 Å². The van der Waals surface area contributed by atoms with Gasteiger partial charge in [0.1, 0.15) is 29.0 Å². The van der Waals surface area contributed by atoms with E-state index in [2.05, 4.69) is 10.3 Å². The van der Waals surface area contributed by atoms with Crippen molar-refractivity contribution < 1.29 is 22.7 Å². The maximum absolute atomic E-state index is 14.5. The maximum Gasteiger partial charge on any atom is 0.311 e. The van der Waals surface area contributed by atoms with Crippen molar-refractivity contribution in [2.24, 2.45) is 0 Å². The van der Waals surface area contributed by atoms with Crippen molar-refractivity contribution in [3.63, 3.8) is 0 Å². The van der Waals surface area contributed by atoms with Crippen LogP contribution in [-0.4, -0.2) is 22.5 Å². The molecule has 9 heteroatoms. The van der Waals surface area contributed by atoms with Gasteiger partial charge >= 0.3 is 5.97 Å². The Balaban J connectivity index is 1.90. The summed E-state index contributed by atoms with van der Waals surface area (Å²) < 4.78 is 47.5. The minimum absolute atomic E-state index is 0.0176. The van der Waals surface area contributed by atoms with Crippen molar-refractivity contribution in [1.82, 2.24) is 9.38 Å². The van der Waals surface area contributed by atoms with Crippen molar-refractivity contribution in [2.45, 2.75) is 6.42 Å². The van der Waals surface area contributed by atoms with Crippen molar-refractivity contribution in [2.75, 3.05) is 12.4 Å². The molecule has 0 aliphatic heterocycles. The molecule has 0 saturated carbocycles. The van der Waals surface area contributed by atoms with Crippen molar-refractivity contribution in [3.05, 3.63) is 71.0 Å². The predicted molar refractivity (Wildman–Crippen MR) is 104 cm³/mol. The Kier molecular flexibility index (Phi) is 4.98. The SMILES string of the molecule is COC(=O)Cc1csc2nc(-c3ccc(F)cc3F)c(Nc3ccc(F)cc3)n12. The number of methoxy groups -OCH3 is 1. The first-order valence-corrected chi connectivity index (χ1v) is 9.38. The molecule has 2 aromatic heterocycles. The molecule has 0 aliphatic rings. The van der Waals surface area contributed by atoms with Crippen molar-refractivity contribution in [1.29, 1.82) is 0 Å². The van der Waals surface area contributed by atoms with Crippen molar-refractivity contribution >= 4 is 33.8 Å². The van der Waals surface area contributed by atoms with Crippen LogP contribution < -0.4 is 5.32 Å². The van der Waals surface area contributed by atoms with Gasteiger partial charge in [-0.15, -0.1) is 11.3 Å². The molecule has 0 saturated heterocycles. The number of ether oxygens (including phenoxy) is 1. The number of anilines is 2. The summed E-state index contributed by atoms with van der Waals surface area (Å²) in [5, 5.41) is 4.86. The van der Waals surface area contributed by atoms with Gasteiger partial charge in [0.05, 0.1) is 13.5 Å². The van der Waals surface area contributed by atoms with Gasteiger partial charge in [0.25, 0.3) is 0 Å². The molecule has 0 atom stereocenters. The van der Waals surface area contributed by atoms with E-state index in [0.29, 0.717) is 22.2 Å². The molecule has 1 N–H and O–H groups in total. The summed E-state index contributed by atoms with van der Waals surface area (Å²) in [6.07, 6.45) is -0.0176. The third kappa shape index (κ3) is 3.68. The Hall–Kier alpha value is -3.33. The van der Waals surface area contributed by atoms with Gasteiger partial charge in [0, 0.05) is 28.4 Å². The Bertz CT molecular complexity index is 1200. The lowest BCUT2D eigenvalue weighted by Crippen LogP contribution is -2.08. The van der Waals surface area contributed by atoms with Crippen LogP contribution in [0.5, 0.6) is 0 Å². The van der Waals surface area contributed by atoms with Crippen LogP contribution in [0, 0.1) is 17.5 Å². The molecular formula is C20H14F3N3O2S. The lowest BCUT2D eigenvalue weighted by atomic mass is 10.1. The second-order valence-corrected chi connectivity index (χ2v) is 7.00. The number of thiazole rings is 1. The lowest BCUT2D eigenvalue weighted by Gasteiger charge is -2.10. The van der Waals surface area contributed by atoms with E-state index in [0.717, 1.165) is 12.1 Å². The van der Waals surface area contributed by atoms with E-state index in [1.165, 1.54) is 48.8 Å². The molecule has 29 heavy (non-hydrogen) atoms. The van der Waals surface area contributed by atoms with Crippen LogP contribution >= 0.6 is 11.3 Å². The van der Waals surface area contributed by atoms with Gasteiger partial charge < -0.3 is 10.1 Å². The number of carbonyl (C=O) groups excluding carboxylic acids is 1. The molecule has 0 radical (unpaired) electrons. The monoisotopic (exact) mass is 417 g/mol. The molecule has 0 amide bonds. The maximum atomic E-state index is 14.5. The molecule has 2 aromatic carbocycles. The topological polar surface area (TPSA) is 55.6 Å². The normalized spacial score (nSPS) is 11.0.